The number of hydrogen-bond acceptors (Lipinski definition) is 4. The van der Waals surface area contributed by atoms with E-state index in [1.807, 2.05) is 61.5 Å². The summed E-state index contributed by atoms with van der Waals surface area (Å²) in [5, 5.41) is 3.06. The predicted molar refractivity (Wildman–Crippen MR) is 175 cm³/mol. The summed E-state index contributed by atoms with van der Waals surface area (Å²) in [6, 6.07) is 27.3. The Balaban J connectivity index is 1.81. The first-order valence-corrected chi connectivity index (χ1v) is 16.3. The van der Waals surface area contributed by atoms with Crippen LogP contribution in [-0.2, 0) is 32.6 Å². The lowest BCUT2D eigenvalue weighted by Gasteiger charge is -2.34. The number of carbonyl (C=O) groups is 2. The van der Waals surface area contributed by atoms with Gasteiger partial charge in [-0.25, -0.2) is 8.42 Å². The Bertz CT molecular complexity index is 1680. The average molecular weight is 683 g/mol. The molecule has 0 radical (unpaired) electrons. The maximum Gasteiger partial charge on any atom is 0.264 e. The summed E-state index contributed by atoms with van der Waals surface area (Å²) < 4.78 is 30.2. The molecule has 1 N–H and O–H groups in total. The van der Waals surface area contributed by atoms with Gasteiger partial charge in [0.2, 0.25) is 11.8 Å². The van der Waals surface area contributed by atoms with Gasteiger partial charge in [-0.05, 0) is 66.9 Å². The fraction of sp³-hybridized carbons (Fsp3) is 0.212. The van der Waals surface area contributed by atoms with Crippen LogP contribution in [0.3, 0.4) is 0 Å². The zero-order valence-corrected chi connectivity index (χ0v) is 27.3. The summed E-state index contributed by atoms with van der Waals surface area (Å²) in [6.07, 6.45) is 0.240. The molecule has 0 aliphatic rings. The molecule has 43 heavy (non-hydrogen) atoms. The van der Waals surface area contributed by atoms with Gasteiger partial charge in [-0.2, -0.15) is 0 Å². The molecule has 0 saturated carbocycles. The SMILES string of the molecule is CNC(=O)[C@H](Cc1ccccc1)N(Cc1ccc(Br)cc1)C(=O)CN(c1cccc(Cl)c1C)S(=O)(=O)c1ccc(C)cc1. The second-order valence-corrected chi connectivity index (χ2v) is 13.4. The number of nitrogens with zero attached hydrogens (tertiary/aromatic N) is 2. The Hall–Kier alpha value is -3.66. The van der Waals surface area contributed by atoms with E-state index in [4.69, 9.17) is 11.6 Å². The number of aryl methyl sites for hydroxylation is 1. The molecule has 0 spiro atoms. The molecule has 0 aliphatic heterocycles. The number of hydrogen-bond donors (Lipinski definition) is 1. The van der Waals surface area contributed by atoms with Gasteiger partial charge in [0.15, 0.2) is 0 Å². The summed E-state index contributed by atoms with van der Waals surface area (Å²) in [6.45, 7) is 3.12. The maximum absolute atomic E-state index is 14.4. The van der Waals surface area contributed by atoms with Crippen LogP contribution in [0.4, 0.5) is 5.69 Å². The minimum absolute atomic E-state index is 0.0388. The van der Waals surface area contributed by atoms with E-state index >= 15 is 0 Å². The van der Waals surface area contributed by atoms with Gasteiger partial charge in [-0.3, -0.25) is 13.9 Å². The Morgan fingerprint density at radius 3 is 2.14 bits per heavy atom. The smallest absolute Gasteiger partial charge is 0.264 e. The van der Waals surface area contributed by atoms with Gasteiger partial charge in [-0.15, -0.1) is 0 Å². The quantitative estimate of drug-likeness (QED) is 0.201. The number of anilines is 1. The van der Waals surface area contributed by atoms with Gasteiger partial charge in [0.05, 0.1) is 10.6 Å². The van der Waals surface area contributed by atoms with Crippen molar-refractivity contribution in [3.05, 3.63) is 129 Å². The summed E-state index contributed by atoms with van der Waals surface area (Å²) in [5.41, 5.74) is 3.34. The van der Waals surface area contributed by atoms with E-state index in [0.717, 1.165) is 25.5 Å². The molecule has 224 valence electrons. The van der Waals surface area contributed by atoms with Crippen LogP contribution in [0.25, 0.3) is 0 Å². The third kappa shape index (κ3) is 7.84. The van der Waals surface area contributed by atoms with Crippen molar-refractivity contribution < 1.29 is 18.0 Å². The van der Waals surface area contributed by atoms with E-state index in [1.165, 1.54) is 24.1 Å². The lowest BCUT2D eigenvalue weighted by atomic mass is 10.0. The molecule has 4 aromatic rings. The highest BCUT2D eigenvalue weighted by molar-refractivity contribution is 9.10. The molecular weight excluding hydrogens is 650 g/mol. The monoisotopic (exact) mass is 681 g/mol. The number of halogens is 2. The zero-order chi connectivity index (χ0) is 31.1. The molecule has 0 unspecified atom stereocenters. The molecule has 0 fully saturated rings. The van der Waals surface area contributed by atoms with E-state index in [9.17, 15) is 18.0 Å². The van der Waals surface area contributed by atoms with Crippen molar-refractivity contribution >= 4 is 55.1 Å². The highest BCUT2D eigenvalue weighted by Gasteiger charge is 2.35. The number of nitrogens with one attached hydrogen (secondary N) is 1. The molecule has 2 amide bonds. The van der Waals surface area contributed by atoms with Crippen LogP contribution in [0.5, 0.6) is 0 Å². The molecule has 4 aromatic carbocycles. The first-order valence-electron chi connectivity index (χ1n) is 13.6. The Labute approximate surface area is 266 Å². The number of likely N-dealkylation sites (N-methyl/N-ethyl adjacent to an activating group) is 1. The fourth-order valence-corrected chi connectivity index (χ4v) is 6.63. The van der Waals surface area contributed by atoms with Crippen molar-refractivity contribution in [2.24, 2.45) is 0 Å². The van der Waals surface area contributed by atoms with E-state index in [0.29, 0.717) is 10.6 Å². The van der Waals surface area contributed by atoms with Crippen molar-refractivity contribution in [3.63, 3.8) is 0 Å². The molecular formula is C33H33BrClN3O4S. The van der Waals surface area contributed by atoms with Crippen LogP contribution in [-0.4, -0.2) is 44.8 Å². The standard InChI is InChI=1S/C33H33BrClN3O4S/c1-23-12-18-28(19-13-23)43(41,42)38(30-11-7-10-29(35)24(30)2)22-32(39)37(21-26-14-16-27(34)17-15-26)31(33(40)36-3)20-25-8-5-4-6-9-25/h4-19,31H,20-22H2,1-3H3,(H,36,40)/t31-/m0/s1. The third-order valence-corrected chi connectivity index (χ3v) is 9.89. The van der Waals surface area contributed by atoms with Crippen LogP contribution in [0.2, 0.25) is 5.02 Å². The van der Waals surface area contributed by atoms with Gasteiger partial charge >= 0.3 is 0 Å². The highest BCUT2D eigenvalue weighted by Crippen LogP contribution is 2.31. The topological polar surface area (TPSA) is 86.8 Å². The molecule has 7 nitrogen and oxygen atoms in total. The van der Waals surface area contributed by atoms with Gasteiger partial charge in [0.25, 0.3) is 10.0 Å². The van der Waals surface area contributed by atoms with E-state index in [-0.39, 0.29) is 29.5 Å². The number of rotatable bonds is 11. The van der Waals surface area contributed by atoms with Crippen molar-refractivity contribution in [3.8, 4) is 0 Å². The first-order chi connectivity index (χ1) is 20.5. The van der Waals surface area contributed by atoms with Crippen LogP contribution in [0.15, 0.2) is 106 Å². The highest BCUT2D eigenvalue weighted by atomic mass is 79.9. The second kappa shape index (κ2) is 14.2. The summed E-state index contributed by atoms with van der Waals surface area (Å²) >= 11 is 9.86. The van der Waals surface area contributed by atoms with Crippen molar-refractivity contribution in [1.29, 1.82) is 0 Å². The maximum atomic E-state index is 14.4. The molecule has 4 rings (SSSR count). The summed E-state index contributed by atoms with van der Waals surface area (Å²) in [7, 11) is -2.69. The van der Waals surface area contributed by atoms with Crippen molar-refractivity contribution in [2.75, 3.05) is 17.9 Å². The number of sulfonamides is 1. The van der Waals surface area contributed by atoms with Gasteiger partial charge in [-0.1, -0.05) is 93.8 Å². The lowest BCUT2D eigenvalue weighted by Crippen LogP contribution is -2.53. The molecule has 0 bridgehead atoms. The normalized spacial score (nSPS) is 11.9. The summed E-state index contributed by atoms with van der Waals surface area (Å²) in [4.78, 5) is 29.2. The number of benzene rings is 4. The lowest BCUT2D eigenvalue weighted by molar-refractivity contribution is -0.139. The fourth-order valence-electron chi connectivity index (χ4n) is 4.72. The minimum atomic E-state index is -4.21. The Morgan fingerprint density at radius 1 is 0.860 bits per heavy atom. The van der Waals surface area contributed by atoms with Crippen molar-refractivity contribution in [2.45, 2.75) is 37.8 Å². The Kier molecular flexibility index (Phi) is 10.7. The summed E-state index contributed by atoms with van der Waals surface area (Å²) in [5.74, 6) is -0.899. The zero-order valence-electron chi connectivity index (χ0n) is 24.1. The predicted octanol–water partition coefficient (Wildman–Crippen LogP) is 6.30. The third-order valence-electron chi connectivity index (χ3n) is 7.18. The molecule has 1 atom stereocenters. The molecule has 0 heterocycles. The van der Waals surface area contributed by atoms with Crippen LogP contribution >= 0.6 is 27.5 Å². The van der Waals surface area contributed by atoms with Gasteiger partial charge < -0.3 is 10.2 Å². The number of amides is 2. The van der Waals surface area contributed by atoms with Gasteiger partial charge in [0.1, 0.15) is 12.6 Å². The second-order valence-electron chi connectivity index (χ2n) is 10.2. The Morgan fingerprint density at radius 2 is 1.51 bits per heavy atom. The first kappa shape index (κ1) is 32.3. The largest absolute Gasteiger partial charge is 0.357 e. The van der Waals surface area contributed by atoms with Gasteiger partial charge in [0, 0.05) is 29.5 Å². The molecule has 10 heteroatoms. The van der Waals surface area contributed by atoms with E-state index in [2.05, 4.69) is 21.2 Å². The van der Waals surface area contributed by atoms with Crippen molar-refractivity contribution in [1.82, 2.24) is 10.2 Å². The van der Waals surface area contributed by atoms with Crippen LogP contribution in [0.1, 0.15) is 22.3 Å². The van der Waals surface area contributed by atoms with E-state index in [1.54, 1.807) is 37.3 Å². The number of carbonyl (C=O) groups excluding carboxylic acids is 2. The molecule has 0 aliphatic carbocycles. The molecule has 0 aromatic heterocycles. The minimum Gasteiger partial charge on any atom is -0.357 e. The van der Waals surface area contributed by atoms with Crippen LogP contribution < -0.4 is 9.62 Å². The van der Waals surface area contributed by atoms with Crippen LogP contribution in [0, 0.1) is 13.8 Å². The molecule has 0 saturated heterocycles. The van der Waals surface area contributed by atoms with E-state index < -0.39 is 28.5 Å². The average Bonchev–Trinajstić information content (AvgIpc) is 3.00.